The average molecular weight is 295 g/mol. The predicted molar refractivity (Wildman–Crippen MR) is 75.2 cm³/mol. The number of amides is 2. The van der Waals surface area contributed by atoms with Crippen LogP contribution >= 0.6 is 11.6 Å². The molecule has 2 amide bonds. The van der Waals surface area contributed by atoms with E-state index in [9.17, 15) is 9.59 Å². The second kappa shape index (κ2) is 6.00. The molecule has 0 saturated heterocycles. The summed E-state index contributed by atoms with van der Waals surface area (Å²) in [7, 11) is 3.24. The topological polar surface area (TPSA) is 65.9 Å². The van der Waals surface area contributed by atoms with Gasteiger partial charge in [0.2, 0.25) is 5.91 Å². The Hall–Kier alpha value is -1.95. The van der Waals surface area contributed by atoms with Gasteiger partial charge in [0.1, 0.15) is 10.9 Å². The van der Waals surface area contributed by atoms with Crippen molar-refractivity contribution in [3.63, 3.8) is 0 Å². The quantitative estimate of drug-likeness (QED) is 0.789. The molecule has 0 aliphatic carbocycles. The zero-order chi connectivity index (χ0) is 14.7. The highest BCUT2D eigenvalue weighted by Crippen LogP contribution is 2.11. The van der Waals surface area contributed by atoms with Crippen LogP contribution in [0.2, 0.25) is 5.15 Å². The summed E-state index contributed by atoms with van der Waals surface area (Å²) >= 11 is 5.71. The van der Waals surface area contributed by atoms with Crippen LogP contribution in [0.1, 0.15) is 18.4 Å². The summed E-state index contributed by atoms with van der Waals surface area (Å²) in [6.07, 6.45) is 2.33. The van der Waals surface area contributed by atoms with E-state index >= 15 is 0 Å². The Kier molecular flexibility index (Phi) is 4.34. The second-order valence-electron chi connectivity index (χ2n) is 4.61. The monoisotopic (exact) mass is 294 g/mol. The molecule has 0 radical (unpaired) electrons. The number of carbonyl (C=O) groups is 2. The molecule has 0 aromatic carbocycles. The van der Waals surface area contributed by atoms with Crippen LogP contribution in [0.25, 0.3) is 0 Å². The normalized spacial score (nSPS) is 15.1. The lowest BCUT2D eigenvalue weighted by atomic mass is 10.1. The van der Waals surface area contributed by atoms with Gasteiger partial charge in [0.15, 0.2) is 0 Å². The molecule has 0 N–H and O–H groups in total. The van der Waals surface area contributed by atoms with Gasteiger partial charge in [-0.25, -0.2) is 9.99 Å². The van der Waals surface area contributed by atoms with Crippen molar-refractivity contribution < 1.29 is 9.59 Å². The lowest BCUT2D eigenvalue weighted by molar-refractivity contribution is -0.130. The van der Waals surface area contributed by atoms with Gasteiger partial charge in [-0.15, -0.1) is 0 Å². The van der Waals surface area contributed by atoms with Crippen LogP contribution in [0.4, 0.5) is 0 Å². The maximum absolute atomic E-state index is 12.2. The first-order chi connectivity index (χ1) is 9.47. The fraction of sp³-hybridized carbons (Fsp3) is 0.385. The van der Waals surface area contributed by atoms with Crippen LogP contribution in [-0.2, 0) is 16.1 Å². The van der Waals surface area contributed by atoms with Gasteiger partial charge in [0.25, 0.3) is 5.91 Å². The third-order valence-electron chi connectivity index (χ3n) is 3.01. The number of nitrogens with zero attached hydrogens (tertiary/aromatic N) is 4. The van der Waals surface area contributed by atoms with E-state index in [4.69, 9.17) is 11.6 Å². The zero-order valence-electron chi connectivity index (χ0n) is 11.3. The predicted octanol–water partition coefficient (Wildman–Crippen LogP) is 1.30. The smallest absolute Gasteiger partial charge is 0.270 e. The van der Waals surface area contributed by atoms with Crippen LogP contribution in [0.5, 0.6) is 0 Å². The molecule has 0 atom stereocenters. The van der Waals surface area contributed by atoms with Crippen molar-refractivity contribution in [3.05, 3.63) is 29.0 Å². The van der Waals surface area contributed by atoms with E-state index in [-0.39, 0.29) is 11.8 Å². The minimum Gasteiger partial charge on any atom is -0.336 e. The van der Waals surface area contributed by atoms with Crippen LogP contribution in [0.3, 0.4) is 0 Å². The number of rotatable bonds is 3. The van der Waals surface area contributed by atoms with Crippen LogP contribution in [-0.4, -0.2) is 46.5 Å². The van der Waals surface area contributed by atoms with Crippen molar-refractivity contribution in [2.24, 2.45) is 5.10 Å². The Morgan fingerprint density at radius 1 is 1.45 bits per heavy atom. The summed E-state index contributed by atoms with van der Waals surface area (Å²) in [6, 6.07) is 3.50. The molecule has 0 spiro atoms. The van der Waals surface area contributed by atoms with Crippen LogP contribution in [0.15, 0.2) is 23.4 Å². The maximum Gasteiger partial charge on any atom is 0.270 e. The van der Waals surface area contributed by atoms with Crippen molar-refractivity contribution >= 4 is 29.1 Å². The minimum absolute atomic E-state index is 0.0777. The molecular weight excluding hydrogens is 280 g/mol. The van der Waals surface area contributed by atoms with Crippen molar-refractivity contribution in [2.45, 2.75) is 19.4 Å². The number of pyridine rings is 1. The summed E-state index contributed by atoms with van der Waals surface area (Å²) in [5, 5.41) is 5.65. The number of halogens is 1. The second-order valence-corrected chi connectivity index (χ2v) is 5.00. The van der Waals surface area contributed by atoms with E-state index in [1.165, 1.54) is 5.01 Å². The zero-order valence-corrected chi connectivity index (χ0v) is 12.1. The third kappa shape index (κ3) is 3.33. The molecule has 1 aliphatic heterocycles. The largest absolute Gasteiger partial charge is 0.336 e. The van der Waals surface area contributed by atoms with E-state index < -0.39 is 0 Å². The van der Waals surface area contributed by atoms with E-state index in [2.05, 4.69) is 10.1 Å². The fourth-order valence-electron chi connectivity index (χ4n) is 1.89. The van der Waals surface area contributed by atoms with E-state index in [0.29, 0.717) is 30.3 Å². The number of carbonyl (C=O) groups excluding carboxylic acids is 2. The Morgan fingerprint density at radius 3 is 2.80 bits per heavy atom. The molecule has 6 nitrogen and oxygen atoms in total. The SMILES string of the molecule is CN(Cc1ccc(Cl)nc1)C(=O)C1=NN(C)C(=O)CC1. The van der Waals surface area contributed by atoms with Gasteiger partial charge in [-0.2, -0.15) is 5.10 Å². The van der Waals surface area contributed by atoms with Gasteiger partial charge in [0, 0.05) is 39.7 Å². The van der Waals surface area contributed by atoms with Crippen LogP contribution < -0.4 is 0 Å². The summed E-state index contributed by atoms with van der Waals surface area (Å²) in [6.45, 7) is 0.416. The molecule has 2 heterocycles. The maximum atomic E-state index is 12.2. The highest BCUT2D eigenvalue weighted by Gasteiger charge is 2.24. The molecule has 1 aromatic rings. The summed E-state index contributed by atoms with van der Waals surface area (Å²) in [4.78, 5) is 29.1. The van der Waals surface area contributed by atoms with Gasteiger partial charge >= 0.3 is 0 Å². The molecule has 2 rings (SSSR count). The summed E-state index contributed by atoms with van der Waals surface area (Å²) in [5.74, 6) is -0.259. The summed E-state index contributed by atoms with van der Waals surface area (Å²) in [5.41, 5.74) is 1.28. The summed E-state index contributed by atoms with van der Waals surface area (Å²) < 4.78 is 0. The van der Waals surface area contributed by atoms with E-state index in [1.54, 1.807) is 31.3 Å². The first-order valence-electron chi connectivity index (χ1n) is 6.17. The van der Waals surface area contributed by atoms with Crippen molar-refractivity contribution in [1.29, 1.82) is 0 Å². The fourth-order valence-corrected chi connectivity index (χ4v) is 2.00. The van der Waals surface area contributed by atoms with Crippen molar-refractivity contribution in [1.82, 2.24) is 14.9 Å². The Morgan fingerprint density at radius 2 is 2.20 bits per heavy atom. The van der Waals surface area contributed by atoms with Gasteiger partial charge in [0.05, 0.1) is 0 Å². The molecule has 20 heavy (non-hydrogen) atoms. The van der Waals surface area contributed by atoms with Crippen LogP contribution in [0, 0.1) is 0 Å². The highest BCUT2D eigenvalue weighted by molar-refractivity contribution is 6.39. The number of hydrogen-bond acceptors (Lipinski definition) is 4. The van der Waals surface area contributed by atoms with Gasteiger partial charge < -0.3 is 4.90 Å². The van der Waals surface area contributed by atoms with Gasteiger partial charge in [-0.05, 0) is 11.6 Å². The Labute approximate surface area is 122 Å². The van der Waals surface area contributed by atoms with E-state index in [0.717, 1.165) is 5.56 Å². The lowest BCUT2D eigenvalue weighted by Gasteiger charge is -2.23. The Bertz CT molecular complexity index is 556. The van der Waals surface area contributed by atoms with Crippen molar-refractivity contribution in [3.8, 4) is 0 Å². The highest BCUT2D eigenvalue weighted by atomic mass is 35.5. The average Bonchev–Trinajstić information content (AvgIpc) is 2.43. The van der Waals surface area contributed by atoms with E-state index in [1.807, 2.05) is 6.07 Å². The Balaban J connectivity index is 2.04. The standard InChI is InChI=1S/C13H15ClN4O2/c1-17(8-9-3-5-11(14)15-7-9)13(20)10-4-6-12(19)18(2)16-10/h3,5,7H,4,6,8H2,1-2H3. The van der Waals surface area contributed by atoms with Crippen molar-refractivity contribution in [2.75, 3.05) is 14.1 Å². The minimum atomic E-state index is -0.181. The molecule has 0 saturated carbocycles. The van der Waals surface area contributed by atoms with Gasteiger partial charge in [-0.1, -0.05) is 17.7 Å². The lowest BCUT2D eigenvalue weighted by Crippen LogP contribution is -2.38. The molecular formula is C13H15ClN4O2. The first kappa shape index (κ1) is 14.5. The molecule has 1 aliphatic rings. The number of hydrogen-bond donors (Lipinski definition) is 0. The molecule has 0 fully saturated rings. The van der Waals surface area contributed by atoms with Gasteiger partial charge in [-0.3, -0.25) is 9.59 Å². The number of aromatic nitrogens is 1. The number of hydrazone groups is 1. The molecule has 7 heteroatoms. The molecule has 0 unspecified atom stereocenters. The third-order valence-corrected chi connectivity index (χ3v) is 3.23. The molecule has 0 bridgehead atoms. The molecule has 106 valence electrons. The first-order valence-corrected chi connectivity index (χ1v) is 6.55. The molecule has 1 aromatic heterocycles.